The molecule has 26 heavy (non-hydrogen) atoms. The fourth-order valence-electron chi connectivity index (χ4n) is 2.68. The normalized spacial score (nSPS) is 11.5. The predicted molar refractivity (Wildman–Crippen MR) is 107 cm³/mol. The third-order valence-electron chi connectivity index (χ3n) is 4.35. The third-order valence-corrected chi connectivity index (χ3v) is 5.59. The van der Waals surface area contributed by atoms with Crippen molar-refractivity contribution < 1.29 is 5.11 Å². The summed E-state index contributed by atoms with van der Waals surface area (Å²) in [6.45, 7) is 4.26. The van der Waals surface area contributed by atoms with E-state index < -0.39 is 0 Å². The SMILES string of the molecule is Cc1ccc2nc(-c3ccc(/N=N/c4ccccc4O)cc3)sc2c1C. The van der Waals surface area contributed by atoms with E-state index in [4.69, 9.17) is 4.98 Å². The van der Waals surface area contributed by atoms with Gasteiger partial charge in [0.2, 0.25) is 0 Å². The van der Waals surface area contributed by atoms with Crippen molar-refractivity contribution in [2.45, 2.75) is 13.8 Å². The Kier molecular flexibility index (Phi) is 4.22. The Bertz CT molecular complexity index is 1110. The first-order valence-electron chi connectivity index (χ1n) is 8.29. The molecule has 5 heteroatoms. The minimum atomic E-state index is 0.119. The monoisotopic (exact) mass is 359 g/mol. The second-order valence-corrected chi connectivity index (χ2v) is 7.11. The molecule has 0 aliphatic carbocycles. The van der Waals surface area contributed by atoms with Crippen LogP contribution in [-0.4, -0.2) is 10.1 Å². The van der Waals surface area contributed by atoms with E-state index in [2.05, 4.69) is 36.2 Å². The number of para-hydroxylation sites is 1. The van der Waals surface area contributed by atoms with E-state index in [1.54, 1.807) is 29.5 Å². The fourth-order valence-corrected chi connectivity index (χ4v) is 3.80. The van der Waals surface area contributed by atoms with Crippen molar-refractivity contribution in [2.75, 3.05) is 0 Å². The van der Waals surface area contributed by atoms with Crippen LogP contribution in [0.2, 0.25) is 0 Å². The molecule has 0 bridgehead atoms. The molecule has 4 aromatic rings. The summed E-state index contributed by atoms with van der Waals surface area (Å²) < 4.78 is 1.24. The summed E-state index contributed by atoms with van der Waals surface area (Å²) >= 11 is 1.71. The van der Waals surface area contributed by atoms with Crippen molar-refractivity contribution in [2.24, 2.45) is 10.2 Å². The highest BCUT2D eigenvalue weighted by Crippen LogP contribution is 2.34. The number of rotatable bonds is 3. The molecular weight excluding hydrogens is 342 g/mol. The van der Waals surface area contributed by atoms with Crippen LogP contribution in [0, 0.1) is 13.8 Å². The second kappa shape index (κ2) is 6.69. The van der Waals surface area contributed by atoms with Gasteiger partial charge >= 0.3 is 0 Å². The molecule has 0 aliphatic heterocycles. The largest absolute Gasteiger partial charge is 0.506 e. The molecule has 0 unspecified atom stereocenters. The van der Waals surface area contributed by atoms with Crippen LogP contribution in [0.15, 0.2) is 70.9 Å². The molecule has 4 nitrogen and oxygen atoms in total. The Morgan fingerprint density at radius 3 is 2.42 bits per heavy atom. The van der Waals surface area contributed by atoms with E-state index in [0.717, 1.165) is 21.8 Å². The Hall–Kier alpha value is -3.05. The molecule has 0 radical (unpaired) electrons. The molecular formula is C21H17N3OS. The van der Waals surface area contributed by atoms with E-state index in [0.29, 0.717) is 5.69 Å². The zero-order valence-corrected chi connectivity index (χ0v) is 15.3. The van der Waals surface area contributed by atoms with Gasteiger partial charge in [0.25, 0.3) is 0 Å². The average Bonchev–Trinajstić information content (AvgIpc) is 3.10. The number of aromatic hydroxyl groups is 1. The molecule has 1 N–H and O–H groups in total. The van der Waals surface area contributed by atoms with Gasteiger partial charge in [-0.3, -0.25) is 0 Å². The summed E-state index contributed by atoms with van der Waals surface area (Å²) in [5.74, 6) is 0.119. The summed E-state index contributed by atoms with van der Waals surface area (Å²) in [7, 11) is 0. The van der Waals surface area contributed by atoms with Crippen LogP contribution in [0.5, 0.6) is 5.75 Å². The van der Waals surface area contributed by atoms with Crippen molar-refractivity contribution in [1.29, 1.82) is 0 Å². The Balaban J connectivity index is 1.62. The Labute approximate surface area is 155 Å². The minimum Gasteiger partial charge on any atom is -0.506 e. The summed E-state index contributed by atoms with van der Waals surface area (Å²) in [6.07, 6.45) is 0. The molecule has 1 aromatic heterocycles. The lowest BCUT2D eigenvalue weighted by molar-refractivity contribution is 0.476. The second-order valence-electron chi connectivity index (χ2n) is 6.11. The van der Waals surface area contributed by atoms with Crippen LogP contribution in [-0.2, 0) is 0 Å². The maximum atomic E-state index is 9.73. The van der Waals surface area contributed by atoms with Crippen molar-refractivity contribution in [3.05, 3.63) is 71.8 Å². The van der Waals surface area contributed by atoms with Gasteiger partial charge in [0.1, 0.15) is 16.4 Å². The first-order chi connectivity index (χ1) is 12.6. The highest BCUT2D eigenvalue weighted by Gasteiger charge is 2.09. The van der Waals surface area contributed by atoms with E-state index in [1.165, 1.54) is 15.8 Å². The number of fused-ring (bicyclic) bond motifs is 1. The van der Waals surface area contributed by atoms with E-state index in [-0.39, 0.29) is 5.75 Å². The first kappa shape index (κ1) is 16.4. The summed E-state index contributed by atoms with van der Waals surface area (Å²) in [5.41, 5.74) is 5.85. The van der Waals surface area contributed by atoms with E-state index >= 15 is 0 Å². The molecule has 0 fully saturated rings. The maximum Gasteiger partial charge on any atom is 0.143 e. The van der Waals surface area contributed by atoms with Gasteiger partial charge in [-0.05, 0) is 67.4 Å². The minimum absolute atomic E-state index is 0.119. The van der Waals surface area contributed by atoms with E-state index in [9.17, 15) is 5.11 Å². The van der Waals surface area contributed by atoms with Gasteiger partial charge in [0.05, 0.1) is 15.9 Å². The van der Waals surface area contributed by atoms with Gasteiger partial charge in [0, 0.05) is 5.56 Å². The topological polar surface area (TPSA) is 57.8 Å². The zero-order valence-electron chi connectivity index (χ0n) is 14.5. The van der Waals surface area contributed by atoms with Crippen molar-refractivity contribution >= 4 is 32.9 Å². The van der Waals surface area contributed by atoms with Gasteiger partial charge < -0.3 is 5.11 Å². The number of phenols is 1. The van der Waals surface area contributed by atoms with Crippen LogP contribution >= 0.6 is 11.3 Å². The Morgan fingerprint density at radius 2 is 1.65 bits per heavy atom. The van der Waals surface area contributed by atoms with Crippen LogP contribution in [0.3, 0.4) is 0 Å². The van der Waals surface area contributed by atoms with Gasteiger partial charge in [-0.25, -0.2) is 4.98 Å². The fraction of sp³-hybridized carbons (Fsp3) is 0.0952. The van der Waals surface area contributed by atoms with Crippen molar-refractivity contribution in [1.82, 2.24) is 4.98 Å². The van der Waals surface area contributed by atoms with Crippen LogP contribution in [0.25, 0.3) is 20.8 Å². The molecule has 1 heterocycles. The number of aryl methyl sites for hydroxylation is 2. The lowest BCUT2D eigenvalue weighted by atomic mass is 10.1. The summed E-state index contributed by atoms with van der Waals surface area (Å²) in [5, 5.41) is 19.0. The molecule has 4 rings (SSSR count). The number of hydrogen-bond donors (Lipinski definition) is 1. The van der Waals surface area contributed by atoms with Crippen molar-refractivity contribution in [3.8, 4) is 16.3 Å². The first-order valence-corrected chi connectivity index (χ1v) is 9.10. The third kappa shape index (κ3) is 3.09. The molecule has 0 saturated carbocycles. The van der Waals surface area contributed by atoms with Crippen molar-refractivity contribution in [3.63, 3.8) is 0 Å². The maximum absolute atomic E-state index is 9.73. The number of benzene rings is 3. The lowest BCUT2D eigenvalue weighted by Crippen LogP contribution is -1.79. The highest BCUT2D eigenvalue weighted by molar-refractivity contribution is 7.21. The average molecular weight is 359 g/mol. The number of phenolic OH excluding ortho intramolecular Hbond substituents is 1. The van der Waals surface area contributed by atoms with Gasteiger partial charge in [-0.2, -0.15) is 5.11 Å². The van der Waals surface area contributed by atoms with Crippen LogP contribution in [0.1, 0.15) is 11.1 Å². The molecule has 0 aliphatic rings. The van der Waals surface area contributed by atoms with Gasteiger partial charge in [-0.15, -0.1) is 16.5 Å². The zero-order chi connectivity index (χ0) is 18.1. The van der Waals surface area contributed by atoms with Gasteiger partial charge in [-0.1, -0.05) is 18.2 Å². The smallest absolute Gasteiger partial charge is 0.143 e. The Morgan fingerprint density at radius 1 is 0.885 bits per heavy atom. The molecule has 0 saturated heterocycles. The lowest BCUT2D eigenvalue weighted by Gasteiger charge is -1.98. The van der Waals surface area contributed by atoms with Crippen LogP contribution < -0.4 is 0 Å². The number of nitrogens with zero attached hydrogens (tertiary/aromatic N) is 3. The summed E-state index contributed by atoms with van der Waals surface area (Å²) in [6, 6.07) is 18.9. The molecule has 0 spiro atoms. The quantitative estimate of drug-likeness (QED) is 0.414. The van der Waals surface area contributed by atoms with Crippen LogP contribution in [0.4, 0.5) is 11.4 Å². The van der Waals surface area contributed by atoms with Gasteiger partial charge in [0.15, 0.2) is 0 Å². The molecule has 0 atom stereocenters. The number of hydrogen-bond acceptors (Lipinski definition) is 5. The summed E-state index contributed by atoms with van der Waals surface area (Å²) in [4.78, 5) is 4.75. The molecule has 3 aromatic carbocycles. The molecule has 0 amide bonds. The van der Waals surface area contributed by atoms with E-state index in [1.807, 2.05) is 30.3 Å². The number of thiazole rings is 1. The number of aromatic nitrogens is 1. The molecule has 128 valence electrons. The number of azo groups is 1. The highest BCUT2D eigenvalue weighted by atomic mass is 32.1. The standard InChI is InChI=1S/C21H17N3OS/c1-13-7-12-18-20(14(13)2)26-21(22-18)15-8-10-16(11-9-15)23-24-17-5-3-4-6-19(17)25/h3-12,25H,1-2H3/b24-23+. The predicted octanol–water partition coefficient (Wildman–Crippen LogP) is 6.70.